The molecule has 0 atom stereocenters. The van der Waals surface area contributed by atoms with Crippen LogP contribution in [0.5, 0.6) is 5.88 Å². The highest BCUT2D eigenvalue weighted by Gasteiger charge is 2.12. The number of aromatic hydroxyl groups is 1. The van der Waals surface area contributed by atoms with Crippen molar-refractivity contribution in [1.82, 2.24) is 15.2 Å². The molecular formula is C21H24N4O2. The summed E-state index contributed by atoms with van der Waals surface area (Å²) in [5, 5.41) is 13.8. The number of amides is 1. The first-order valence-corrected chi connectivity index (χ1v) is 8.88. The molecule has 0 aliphatic carbocycles. The van der Waals surface area contributed by atoms with Crippen molar-refractivity contribution in [1.29, 1.82) is 0 Å². The fraction of sp³-hybridized carbons (Fsp3) is 0.238. The van der Waals surface area contributed by atoms with Crippen molar-refractivity contribution in [3.8, 4) is 5.88 Å². The number of benzene rings is 2. The fourth-order valence-corrected chi connectivity index (χ4v) is 2.93. The Balaban J connectivity index is 1.85. The highest BCUT2D eigenvalue weighted by molar-refractivity contribution is 6.05. The molecule has 0 bridgehead atoms. The number of aromatic amines is 1. The van der Waals surface area contributed by atoms with Crippen LogP contribution in [-0.4, -0.2) is 47.8 Å². The van der Waals surface area contributed by atoms with Gasteiger partial charge >= 0.3 is 0 Å². The van der Waals surface area contributed by atoms with Gasteiger partial charge in [-0.05, 0) is 50.8 Å². The summed E-state index contributed by atoms with van der Waals surface area (Å²) in [5.74, 6) is -0.104. The Morgan fingerprint density at radius 1 is 1.22 bits per heavy atom. The smallest absolute Gasteiger partial charge is 0.251 e. The van der Waals surface area contributed by atoms with Crippen molar-refractivity contribution >= 4 is 28.7 Å². The van der Waals surface area contributed by atoms with E-state index in [1.165, 1.54) is 5.56 Å². The Bertz CT molecular complexity index is 972. The van der Waals surface area contributed by atoms with Crippen LogP contribution in [0, 0.1) is 0 Å². The number of aromatic nitrogens is 1. The number of hydrogen-bond acceptors (Lipinski definition) is 4. The number of H-pyrrole nitrogens is 1. The van der Waals surface area contributed by atoms with Crippen LogP contribution in [0.15, 0.2) is 47.5 Å². The van der Waals surface area contributed by atoms with Gasteiger partial charge in [-0.15, -0.1) is 0 Å². The number of carbonyl (C=O) groups excluding carboxylic acids is 1. The molecule has 0 aliphatic rings. The van der Waals surface area contributed by atoms with Crippen LogP contribution >= 0.6 is 0 Å². The lowest BCUT2D eigenvalue weighted by Crippen LogP contribution is -2.22. The third-order valence-corrected chi connectivity index (χ3v) is 4.20. The second-order valence-electron chi connectivity index (χ2n) is 6.67. The van der Waals surface area contributed by atoms with Gasteiger partial charge in [0.1, 0.15) is 0 Å². The lowest BCUT2D eigenvalue weighted by molar-refractivity contribution is 0.0956. The first-order chi connectivity index (χ1) is 13.0. The first-order valence-electron chi connectivity index (χ1n) is 8.88. The number of rotatable bonds is 6. The topological polar surface area (TPSA) is 80.7 Å². The molecular weight excluding hydrogens is 340 g/mol. The van der Waals surface area contributed by atoms with Crippen molar-refractivity contribution in [2.75, 3.05) is 20.6 Å². The Kier molecular flexibility index (Phi) is 5.57. The first kappa shape index (κ1) is 18.7. The maximum Gasteiger partial charge on any atom is 0.251 e. The molecule has 0 spiro atoms. The molecule has 0 unspecified atom stereocenters. The van der Waals surface area contributed by atoms with Gasteiger partial charge in [-0.3, -0.25) is 9.79 Å². The zero-order valence-corrected chi connectivity index (χ0v) is 15.8. The minimum atomic E-state index is -0.137. The van der Waals surface area contributed by atoms with Gasteiger partial charge in [0, 0.05) is 35.8 Å². The van der Waals surface area contributed by atoms with Gasteiger partial charge in [0.2, 0.25) is 0 Å². The van der Waals surface area contributed by atoms with Crippen LogP contribution < -0.4 is 5.32 Å². The molecule has 0 saturated heterocycles. The number of nitrogens with one attached hydrogen (secondary N) is 2. The highest BCUT2D eigenvalue weighted by Crippen LogP contribution is 2.27. The van der Waals surface area contributed by atoms with Crippen LogP contribution in [-0.2, 0) is 6.54 Å². The standard InChI is InChI=1S/C21H24N4O2/c1-4-22-20(26)15-7-10-17-18(21(27)24-19(17)11-15)12-23-16-8-5-14(6-9-16)13-25(2)3/h5-12,24,27H,4,13H2,1-3H3,(H,22,26). The lowest BCUT2D eigenvalue weighted by atomic mass is 10.1. The summed E-state index contributed by atoms with van der Waals surface area (Å²) in [7, 11) is 4.06. The molecule has 0 aliphatic heterocycles. The molecule has 3 aromatic rings. The Morgan fingerprint density at radius 2 is 1.96 bits per heavy atom. The van der Waals surface area contributed by atoms with Gasteiger partial charge < -0.3 is 20.3 Å². The van der Waals surface area contributed by atoms with Crippen LogP contribution in [0.25, 0.3) is 10.9 Å². The fourth-order valence-electron chi connectivity index (χ4n) is 2.93. The third-order valence-electron chi connectivity index (χ3n) is 4.20. The van der Waals surface area contributed by atoms with E-state index in [2.05, 4.69) is 20.2 Å². The molecule has 3 N–H and O–H groups in total. The van der Waals surface area contributed by atoms with Gasteiger partial charge in [0.25, 0.3) is 5.91 Å². The number of carbonyl (C=O) groups is 1. The van der Waals surface area contributed by atoms with Crippen molar-refractivity contribution in [2.24, 2.45) is 4.99 Å². The minimum Gasteiger partial charge on any atom is -0.494 e. The number of aliphatic imine (C=N–C) groups is 1. The zero-order valence-electron chi connectivity index (χ0n) is 15.8. The second kappa shape index (κ2) is 8.05. The Labute approximate surface area is 158 Å². The van der Waals surface area contributed by atoms with Gasteiger partial charge in [0.05, 0.1) is 11.3 Å². The van der Waals surface area contributed by atoms with Crippen LogP contribution in [0.4, 0.5) is 5.69 Å². The van der Waals surface area contributed by atoms with E-state index in [4.69, 9.17) is 0 Å². The van der Waals surface area contributed by atoms with E-state index in [-0.39, 0.29) is 11.8 Å². The second-order valence-corrected chi connectivity index (χ2v) is 6.67. The van der Waals surface area contributed by atoms with Crippen molar-refractivity contribution < 1.29 is 9.90 Å². The van der Waals surface area contributed by atoms with Gasteiger partial charge in [0.15, 0.2) is 5.88 Å². The van der Waals surface area contributed by atoms with Gasteiger partial charge in [-0.1, -0.05) is 18.2 Å². The molecule has 0 radical (unpaired) electrons. The maximum atomic E-state index is 12.0. The van der Waals surface area contributed by atoms with Crippen molar-refractivity contribution in [2.45, 2.75) is 13.5 Å². The summed E-state index contributed by atoms with van der Waals surface area (Å²) < 4.78 is 0. The lowest BCUT2D eigenvalue weighted by Gasteiger charge is -2.09. The van der Waals surface area contributed by atoms with E-state index < -0.39 is 0 Å². The molecule has 6 heteroatoms. The van der Waals surface area contributed by atoms with E-state index in [0.29, 0.717) is 23.2 Å². The average molecular weight is 364 g/mol. The molecule has 27 heavy (non-hydrogen) atoms. The van der Waals surface area contributed by atoms with Gasteiger partial charge in [-0.2, -0.15) is 0 Å². The molecule has 1 amide bonds. The van der Waals surface area contributed by atoms with E-state index in [1.54, 1.807) is 18.3 Å². The third kappa shape index (κ3) is 4.35. The van der Waals surface area contributed by atoms with Gasteiger partial charge in [-0.25, -0.2) is 0 Å². The SMILES string of the molecule is CCNC(=O)c1ccc2c(C=Nc3ccc(CN(C)C)cc3)c(O)[nH]c2c1. The molecule has 1 heterocycles. The van der Waals surface area contributed by atoms with Crippen LogP contribution in [0.1, 0.15) is 28.4 Å². The monoisotopic (exact) mass is 364 g/mol. The Hall–Kier alpha value is -3.12. The molecule has 0 saturated carbocycles. The minimum absolute atomic E-state index is 0.0334. The molecule has 1 aromatic heterocycles. The summed E-state index contributed by atoms with van der Waals surface area (Å²) in [6.45, 7) is 3.32. The largest absolute Gasteiger partial charge is 0.494 e. The highest BCUT2D eigenvalue weighted by atomic mass is 16.3. The normalized spacial score (nSPS) is 11.6. The quantitative estimate of drug-likeness (QED) is 0.586. The molecule has 0 fully saturated rings. The molecule has 3 rings (SSSR count). The van der Waals surface area contributed by atoms with Crippen molar-refractivity contribution in [3.63, 3.8) is 0 Å². The average Bonchev–Trinajstić information content (AvgIpc) is 2.95. The van der Waals surface area contributed by atoms with Crippen LogP contribution in [0.2, 0.25) is 0 Å². The summed E-state index contributed by atoms with van der Waals surface area (Å²) in [5.41, 5.74) is 3.87. The van der Waals surface area contributed by atoms with E-state index in [1.807, 2.05) is 51.4 Å². The van der Waals surface area contributed by atoms with E-state index in [9.17, 15) is 9.90 Å². The Morgan fingerprint density at radius 3 is 2.63 bits per heavy atom. The maximum absolute atomic E-state index is 12.0. The zero-order chi connectivity index (χ0) is 19.4. The summed E-state index contributed by atoms with van der Waals surface area (Å²) in [6, 6.07) is 13.3. The molecule has 140 valence electrons. The van der Waals surface area contributed by atoms with Crippen molar-refractivity contribution in [3.05, 3.63) is 59.2 Å². The predicted molar refractivity (Wildman–Crippen MR) is 109 cm³/mol. The summed E-state index contributed by atoms with van der Waals surface area (Å²) in [6.07, 6.45) is 1.64. The predicted octanol–water partition coefficient (Wildman–Crippen LogP) is 3.44. The molecule has 2 aromatic carbocycles. The van der Waals surface area contributed by atoms with E-state index >= 15 is 0 Å². The number of fused-ring (bicyclic) bond motifs is 1. The van der Waals surface area contributed by atoms with E-state index in [0.717, 1.165) is 17.6 Å². The summed E-state index contributed by atoms with van der Waals surface area (Å²) in [4.78, 5) is 21.5. The number of nitrogens with zero attached hydrogens (tertiary/aromatic N) is 2. The van der Waals surface area contributed by atoms with Crippen LogP contribution in [0.3, 0.4) is 0 Å². The summed E-state index contributed by atoms with van der Waals surface area (Å²) >= 11 is 0. The number of hydrogen-bond donors (Lipinski definition) is 3. The molecule has 6 nitrogen and oxygen atoms in total.